The van der Waals surface area contributed by atoms with E-state index in [0.29, 0.717) is 12.2 Å². The van der Waals surface area contributed by atoms with Crippen molar-refractivity contribution in [1.82, 2.24) is 9.29 Å². The van der Waals surface area contributed by atoms with Gasteiger partial charge in [0.2, 0.25) is 10.0 Å². The molecule has 1 aromatic heterocycles. The van der Waals surface area contributed by atoms with Crippen LogP contribution < -0.4 is 4.90 Å². The molecule has 0 aromatic carbocycles. The number of hydrogen-bond donors (Lipinski definition) is 1. The van der Waals surface area contributed by atoms with Crippen molar-refractivity contribution in [1.29, 1.82) is 0 Å². The van der Waals surface area contributed by atoms with Crippen molar-refractivity contribution in [2.45, 2.75) is 49.1 Å². The van der Waals surface area contributed by atoms with E-state index in [-0.39, 0.29) is 16.9 Å². The molecule has 132 valence electrons. The third-order valence-corrected chi connectivity index (χ3v) is 6.99. The summed E-state index contributed by atoms with van der Waals surface area (Å²) >= 11 is 0. The Bertz CT molecular complexity index is 717. The van der Waals surface area contributed by atoms with Crippen LogP contribution in [0.1, 0.15) is 32.1 Å². The molecule has 0 radical (unpaired) electrons. The molecule has 7 nitrogen and oxygen atoms in total. The van der Waals surface area contributed by atoms with Crippen LogP contribution in [0.15, 0.2) is 23.2 Å². The summed E-state index contributed by atoms with van der Waals surface area (Å²) in [6.45, 7) is 0. The topological polar surface area (TPSA) is 90.8 Å². The maximum Gasteiger partial charge on any atom is 0.322 e. The second-order valence-electron chi connectivity index (χ2n) is 6.78. The summed E-state index contributed by atoms with van der Waals surface area (Å²) < 4.78 is 27.4. The molecule has 2 aliphatic rings. The number of carboxylic acid groups (broad SMARTS) is 1. The zero-order valence-electron chi connectivity index (χ0n) is 13.9. The van der Waals surface area contributed by atoms with Gasteiger partial charge in [-0.05, 0) is 37.3 Å². The van der Waals surface area contributed by atoms with Crippen LogP contribution in [0, 0.1) is 5.92 Å². The number of nitrogens with zero attached hydrogens (tertiary/aromatic N) is 3. The SMILES string of the molecule is CN(C)c1ccc(S(=O)(=O)N2C(C(=O)O)CC3CCCCC32)cn1. The summed E-state index contributed by atoms with van der Waals surface area (Å²) in [5, 5.41) is 9.53. The molecular formula is C16H23N3O4S. The summed E-state index contributed by atoms with van der Waals surface area (Å²) in [4.78, 5) is 17.7. The Morgan fingerprint density at radius 3 is 2.58 bits per heavy atom. The summed E-state index contributed by atoms with van der Waals surface area (Å²) in [6, 6.07) is 1.96. The summed E-state index contributed by atoms with van der Waals surface area (Å²) in [7, 11) is -0.227. The van der Waals surface area contributed by atoms with Crippen molar-refractivity contribution in [2.24, 2.45) is 5.92 Å². The predicted molar refractivity (Wildman–Crippen MR) is 89.4 cm³/mol. The minimum absolute atomic E-state index is 0.0607. The fraction of sp³-hybridized carbons (Fsp3) is 0.625. The molecule has 2 heterocycles. The molecule has 0 spiro atoms. The van der Waals surface area contributed by atoms with E-state index in [1.807, 2.05) is 14.1 Å². The van der Waals surface area contributed by atoms with E-state index in [4.69, 9.17) is 0 Å². The van der Waals surface area contributed by atoms with Crippen molar-refractivity contribution >= 4 is 21.8 Å². The Labute approximate surface area is 142 Å². The number of carbonyl (C=O) groups is 1. The van der Waals surface area contributed by atoms with Crippen molar-refractivity contribution in [3.8, 4) is 0 Å². The normalized spacial score (nSPS) is 27.7. The average molecular weight is 353 g/mol. The highest BCUT2D eigenvalue weighted by Crippen LogP contribution is 2.42. The number of sulfonamides is 1. The third-order valence-electron chi connectivity index (χ3n) is 5.07. The quantitative estimate of drug-likeness (QED) is 0.883. The molecule has 1 aromatic rings. The number of rotatable bonds is 4. The molecule has 1 N–H and O–H groups in total. The van der Waals surface area contributed by atoms with Crippen LogP contribution in [0.3, 0.4) is 0 Å². The minimum Gasteiger partial charge on any atom is -0.480 e. The van der Waals surface area contributed by atoms with E-state index in [0.717, 1.165) is 25.7 Å². The van der Waals surface area contributed by atoms with Crippen molar-refractivity contribution in [2.75, 3.05) is 19.0 Å². The molecule has 0 bridgehead atoms. The summed E-state index contributed by atoms with van der Waals surface area (Å²) in [6.07, 6.45) is 5.34. The van der Waals surface area contributed by atoms with Crippen LogP contribution >= 0.6 is 0 Å². The second kappa shape index (κ2) is 6.33. The molecule has 8 heteroatoms. The van der Waals surface area contributed by atoms with Gasteiger partial charge < -0.3 is 10.0 Å². The summed E-state index contributed by atoms with van der Waals surface area (Å²) in [5.74, 6) is -0.268. The first-order valence-electron chi connectivity index (χ1n) is 8.22. The minimum atomic E-state index is -3.87. The van der Waals surface area contributed by atoms with Crippen molar-refractivity contribution in [3.05, 3.63) is 18.3 Å². The van der Waals surface area contributed by atoms with Gasteiger partial charge in [-0.25, -0.2) is 13.4 Å². The van der Waals surface area contributed by atoms with Gasteiger partial charge in [0.15, 0.2) is 0 Å². The van der Waals surface area contributed by atoms with Crippen molar-refractivity contribution < 1.29 is 18.3 Å². The highest BCUT2D eigenvalue weighted by molar-refractivity contribution is 7.89. The zero-order chi connectivity index (χ0) is 17.5. The van der Waals surface area contributed by atoms with E-state index in [9.17, 15) is 18.3 Å². The Morgan fingerprint density at radius 1 is 1.29 bits per heavy atom. The summed E-state index contributed by atoms with van der Waals surface area (Å²) in [5.41, 5.74) is 0. The predicted octanol–water partition coefficient (Wildman–Crippen LogP) is 1.55. The molecule has 3 unspecified atom stereocenters. The first-order valence-corrected chi connectivity index (χ1v) is 9.66. The molecule has 1 saturated carbocycles. The van der Waals surface area contributed by atoms with E-state index in [1.165, 1.54) is 16.6 Å². The van der Waals surface area contributed by atoms with Gasteiger partial charge in [-0.1, -0.05) is 12.8 Å². The number of pyridine rings is 1. The molecule has 1 aliphatic heterocycles. The highest BCUT2D eigenvalue weighted by Gasteiger charge is 2.51. The van der Waals surface area contributed by atoms with Gasteiger partial charge in [-0.2, -0.15) is 4.31 Å². The van der Waals surface area contributed by atoms with E-state index in [2.05, 4.69) is 4.98 Å². The van der Waals surface area contributed by atoms with Gasteiger partial charge in [0.1, 0.15) is 16.8 Å². The molecule has 24 heavy (non-hydrogen) atoms. The maximum atomic E-state index is 13.1. The third kappa shape index (κ3) is 2.88. The number of anilines is 1. The zero-order valence-corrected chi connectivity index (χ0v) is 14.7. The first kappa shape index (κ1) is 17.2. The smallest absolute Gasteiger partial charge is 0.322 e. The molecule has 1 saturated heterocycles. The van der Waals surface area contributed by atoms with Crippen LogP contribution in [-0.4, -0.2) is 55.0 Å². The molecule has 2 fully saturated rings. The Kier molecular flexibility index (Phi) is 4.52. The lowest BCUT2D eigenvalue weighted by molar-refractivity contribution is -0.141. The average Bonchev–Trinajstić information content (AvgIpc) is 2.95. The lowest BCUT2D eigenvalue weighted by Gasteiger charge is -2.32. The van der Waals surface area contributed by atoms with Gasteiger partial charge in [0, 0.05) is 26.3 Å². The highest BCUT2D eigenvalue weighted by atomic mass is 32.2. The Hall–Kier alpha value is -1.67. The van der Waals surface area contributed by atoms with E-state index < -0.39 is 22.0 Å². The monoisotopic (exact) mass is 353 g/mol. The van der Waals surface area contributed by atoms with Gasteiger partial charge in [0.05, 0.1) is 0 Å². The second-order valence-corrected chi connectivity index (χ2v) is 8.63. The van der Waals surface area contributed by atoms with Gasteiger partial charge >= 0.3 is 5.97 Å². The lowest BCUT2D eigenvalue weighted by Crippen LogP contribution is -2.46. The number of aromatic nitrogens is 1. The fourth-order valence-electron chi connectivity index (χ4n) is 3.89. The first-order chi connectivity index (χ1) is 11.3. The standard InChI is InChI=1S/C16H23N3O4S/c1-18(2)15-8-7-12(10-17-15)24(22,23)19-13-6-4-3-5-11(13)9-14(19)16(20)21/h7-8,10-11,13-14H,3-6,9H2,1-2H3,(H,20,21). The fourth-order valence-corrected chi connectivity index (χ4v) is 5.70. The number of aliphatic carboxylic acids is 1. The molecule has 3 atom stereocenters. The molecule has 0 amide bonds. The van der Waals surface area contributed by atoms with Crippen LogP contribution in [0.2, 0.25) is 0 Å². The van der Waals surface area contributed by atoms with Gasteiger partial charge in [0.25, 0.3) is 0 Å². The van der Waals surface area contributed by atoms with E-state index in [1.54, 1.807) is 11.0 Å². The van der Waals surface area contributed by atoms with Gasteiger partial charge in [-0.3, -0.25) is 4.79 Å². The van der Waals surface area contributed by atoms with Crippen LogP contribution in [-0.2, 0) is 14.8 Å². The Balaban J connectivity index is 1.97. The molecule has 3 rings (SSSR count). The number of fused-ring (bicyclic) bond motifs is 1. The van der Waals surface area contributed by atoms with Crippen LogP contribution in [0.5, 0.6) is 0 Å². The Morgan fingerprint density at radius 2 is 2.00 bits per heavy atom. The van der Waals surface area contributed by atoms with Crippen LogP contribution in [0.25, 0.3) is 0 Å². The maximum absolute atomic E-state index is 13.1. The number of carboxylic acids is 1. The van der Waals surface area contributed by atoms with E-state index >= 15 is 0 Å². The lowest BCUT2D eigenvalue weighted by atomic mass is 9.85. The largest absolute Gasteiger partial charge is 0.480 e. The number of hydrogen-bond acceptors (Lipinski definition) is 5. The molecular weight excluding hydrogens is 330 g/mol. The van der Waals surface area contributed by atoms with Crippen LogP contribution in [0.4, 0.5) is 5.82 Å². The van der Waals surface area contributed by atoms with Crippen molar-refractivity contribution in [3.63, 3.8) is 0 Å². The van der Waals surface area contributed by atoms with Gasteiger partial charge in [-0.15, -0.1) is 0 Å². The molecule has 1 aliphatic carbocycles.